The van der Waals surface area contributed by atoms with Gasteiger partial charge in [-0.05, 0) is 75.0 Å². The Morgan fingerprint density at radius 3 is 2.09 bits per heavy atom. The molecule has 2 nitrogen and oxygen atoms in total. The van der Waals surface area contributed by atoms with E-state index in [0.29, 0.717) is 0 Å². The molecule has 0 atom stereocenters. The van der Waals surface area contributed by atoms with Crippen molar-refractivity contribution < 1.29 is 20.1 Å². The number of pyridine rings is 2. The normalized spacial score (nSPS) is 11.1. The number of benzene rings is 5. The van der Waals surface area contributed by atoms with Crippen LogP contribution < -0.4 is 0 Å². The number of fused-ring (bicyclic) bond motifs is 3. The van der Waals surface area contributed by atoms with E-state index in [9.17, 15) is 0 Å². The smallest absolute Gasteiger partial charge is 0.0190 e. The molecule has 0 spiro atoms. The molecule has 0 aliphatic heterocycles. The molecule has 7 aromatic rings. The van der Waals surface area contributed by atoms with Crippen LogP contribution in [0.25, 0.3) is 55.2 Å². The van der Waals surface area contributed by atoms with E-state index in [1.165, 1.54) is 49.4 Å². The Morgan fingerprint density at radius 1 is 0.630 bits per heavy atom. The van der Waals surface area contributed by atoms with E-state index in [2.05, 4.69) is 141 Å². The zero-order chi connectivity index (χ0) is 31.4. The van der Waals surface area contributed by atoms with Gasteiger partial charge in [0.05, 0.1) is 0 Å². The fourth-order valence-corrected chi connectivity index (χ4v) is 5.71. The van der Waals surface area contributed by atoms with Crippen molar-refractivity contribution in [2.24, 2.45) is 5.41 Å². The molecule has 0 unspecified atom stereocenters. The molecule has 0 N–H and O–H groups in total. The number of hydrogen-bond donors (Lipinski definition) is 0. The first-order valence-corrected chi connectivity index (χ1v) is 15.5. The number of hydrogen-bond acceptors (Lipinski definition) is 2. The van der Waals surface area contributed by atoms with E-state index in [1.54, 1.807) is 0 Å². The maximum absolute atomic E-state index is 4.66. The predicted molar refractivity (Wildman–Crippen MR) is 190 cm³/mol. The summed E-state index contributed by atoms with van der Waals surface area (Å²) in [5.41, 5.74) is 10.4. The maximum atomic E-state index is 4.66. The Balaban J connectivity index is 0.000000234. The second kappa shape index (κ2) is 14.3. The molecule has 0 bridgehead atoms. The molecule has 1 radical (unpaired) electrons. The van der Waals surface area contributed by atoms with Crippen LogP contribution in [0.5, 0.6) is 0 Å². The Kier molecular flexibility index (Phi) is 10.3. The van der Waals surface area contributed by atoms with Crippen molar-refractivity contribution in [3.63, 3.8) is 0 Å². The molecule has 0 aliphatic carbocycles. The summed E-state index contributed by atoms with van der Waals surface area (Å²) in [5, 5.41) is 5.11. The summed E-state index contributed by atoms with van der Waals surface area (Å²) in [4.78, 5) is 9.00. The summed E-state index contributed by atoms with van der Waals surface area (Å²) < 4.78 is 0. The van der Waals surface area contributed by atoms with Gasteiger partial charge in [0.2, 0.25) is 0 Å². The van der Waals surface area contributed by atoms with Crippen molar-refractivity contribution in [3.05, 3.63) is 156 Å². The summed E-state index contributed by atoms with van der Waals surface area (Å²) in [5.74, 6) is 0. The summed E-state index contributed by atoms with van der Waals surface area (Å²) in [6, 6.07) is 47.1. The molecule has 0 saturated carbocycles. The quantitative estimate of drug-likeness (QED) is 0.131. The van der Waals surface area contributed by atoms with E-state index in [-0.39, 0.29) is 25.5 Å². The van der Waals surface area contributed by atoms with Crippen molar-refractivity contribution in [2.45, 2.75) is 41.0 Å². The minimum atomic E-state index is 0. The van der Waals surface area contributed by atoms with Gasteiger partial charge in [0.25, 0.3) is 0 Å². The molecule has 2 heterocycles. The van der Waals surface area contributed by atoms with Crippen LogP contribution in [-0.2, 0) is 26.5 Å². The molecule has 0 aliphatic rings. The number of nitrogens with zero attached hydrogens (tertiary/aromatic N) is 2. The van der Waals surface area contributed by atoms with Gasteiger partial charge in [-0.25, -0.2) is 0 Å². The van der Waals surface area contributed by atoms with Gasteiger partial charge < -0.3 is 9.97 Å². The van der Waals surface area contributed by atoms with Crippen LogP contribution in [-0.4, -0.2) is 9.97 Å². The largest absolute Gasteiger partial charge is 0.305 e. The minimum Gasteiger partial charge on any atom is -0.305 e. The third-order valence-corrected chi connectivity index (χ3v) is 7.87. The predicted octanol–water partition coefficient (Wildman–Crippen LogP) is 11.3. The molecule has 3 heteroatoms. The van der Waals surface area contributed by atoms with Gasteiger partial charge in [0.1, 0.15) is 0 Å². The van der Waals surface area contributed by atoms with Crippen LogP contribution in [0, 0.1) is 31.4 Å². The molecule has 2 aromatic heterocycles. The van der Waals surface area contributed by atoms with Gasteiger partial charge in [0, 0.05) is 32.5 Å². The van der Waals surface area contributed by atoms with Gasteiger partial charge in [-0.2, -0.15) is 0 Å². The molecule has 231 valence electrons. The van der Waals surface area contributed by atoms with E-state index in [0.717, 1.165) is 28.9 Å². The molecular weight excluding hydrogens is 737 g/mol. The number of rotatable bonds is 4. The van der Waals surface area contributed by atoms with Gasteiger partial charge in [-0.3, -0.25) is 0 Å². The fourth-order valence-electron chi connectivity index (χ4n) is 5.71. The van der Waals surface area contributed by atoms with E-state index >= 15 is 0 Å². The number of aryl methyl sites for hydroxylation is 2. The van der Waals surface area contributed by atoms with Crippen molar-refractivity contribution in [2.75, 3.05) is 0 Å². The average Bonchev–Trinajstić information content (AvgIpc) is 3.05. The molecule has 5 aromatic carbocycles. The minimum absolute atomic E-state index is 0. The molecule has 0 fully saturated rings. The summed E-state index contributed by atoms with van der Waals surface area (Å²) >= 11 is 0. The summed E-state index contributed by atoms with van der Waals surface area (Å²) in [7, 11) is 0. The van der Waals surface area contributed by atoms with Gasteiger partial charge in [-0.1, -0.05) is 100.0 Å². The fraction of sp³-hybridized carbons (Fsp3) is 0.163. The van der Waals surface area contributed by atoms with Crippen molar-refractivity contribution in [1.29, 1.82) is 0 Å². The van der Waals surface area contributed by atoms with Gasteiger partial charge >= 0.3 is 0 Å². The third kappa shape index (κ3) is 7.85. The topological polar surface area (TPSA) is 25.8 Å². The molecular formula is C43H38IrN2-2. The zero-order valence-corrected chi connectivity index (χ0v) is 29.5. The van der Waals surface area contributed by atoms with Crippen molar-refractivity contribution >= 4 is 21.5 Å². The van der Waals surface area contributed by atoms with Crippen LogP contribution >= 0.6 is 0 Å². The van der Waals surface area contributed by atoms with Crippen molar-refractivity contribution in [1.82, 2.24) is 9.97 Å². The average molecular weight is 775 g/mol. The first-order chi connectivity index (χ1) is 21.7. The monoisotopic (exact) mass is 775 g/mol. The second-order valence-corrected chi connectivity index (χ2v) is 13.0. The van der Waals surface area contributed by atoms with Crippen molar-refractivity contribution in [3.8, 4) is 33.6 Å². The summed E-state index contributed by atoms with van der Waals surface area (Å²) in [6.07, 6.45) is 4.82. The number of aromatic nitrogens is 2. The Morgan fingerprint density at radius 2 is 1.37 bits per heavy atom. The van der Waals surface area contributed by atoms with Gasteiger partial charge in [0.15, 0.2) is 0 Å². The molecule has 0 amide bonds. The molecule has 0 saturated heterocycles. The van der Waals surface area contributed by atoms with Crippen LogP contribution in [0.15, 0.2) is 128 Å². The van der Waals surface area contributed by atoms with Crippen LogP contribution in [0.3, 0.4) is 0 Å². The Hall–Kier alpha value is -4.43. The third-order valence-electron chi connectivity index (χ3n) is 7.87. The zero-order valence-electron chi connectivity index (χ0n) is 27.1. The second-order valence-electron chi connectivity index (χ2n) is 13.0. The first kappa shape index (κ1) is 32.9. The Bertz CT molecular complexity index is 2030. The summed E-state index contributed by atoms with van der Waals surface area (Å²) in [6.45, 7) is 10.9. The van der Waals surface area contributed by atoms with E-state index < -0.39 is 0 Å². The SMILES string of the molecule is CC(C)(C)Cc1ccnc(-c2[c-]ccc(-c3cc4ccccc4c4ccccc34)c2)c1.Cc1c[c-]c(-c2ccc(C)cn2)cc1.[Ir]. The standard InChI is InChI=1S/C30H26N.C13H12N.Ir/c1-30(2,3)20-21-15-16-31-29(17-21)24-11-8-10-22(18-24)28-19-23-9-4-5-12-25(23)26-13-6-7-14-27(26)28;1-10-3-6-12(7-4-10)13-8-5-11(2)9-14-13;/h4-10,12-19H,20H2,1-3H3;3-6,8-9H,1-2H3;/q2*-1;. The Labute approximate surface area is 287 Å². The van der Waals surface area contributed by atoms with Crippen LogP contribution in [0.2, 0.25) is 0 Å². The van der Waals surface area contributed by atoms with Crippen LogP contribution in [0.4, 0.5) is 0 Å². The van der Waals surface area contributed by atoms with E-state index in [4.69, 9.17) is 0 Å². The first-order valence-electron chi connectivity index (χ1n) is 15.5. The van der Waals surface area contributed by atoms with Gasteiger partial charge in [-0.15, -0.1) is 70.8 Å². The van der Waals surface area contributed by atoms with E-state index in [1.807, 2.05) is 43.6 Å². The molecule has 7 rings (SSSR count). The molecule has 46 heavy (non-hydrogen) atoms. The maximum Gasteiger partial charge on any atom is 0.0190 e. The van der Waals surface area contributed by atoms with Crippen LogP contribution in [0.1, 0.15) is 37.5 Å².